The Bertz CT molecular complexity index is 1510. The summed E-state index contributed by atoms with van der Waals surface area (Å²) in [6.07, 6.45) is 9.36. The van der Waals surface area contributed by atoms with Gasteiger partial charge in [0.25, 0.3) is 0 Å². The second kappa shape index (κ2) is 8.39. The van der Waals surface area contributed by atoms with Gasteiger partial charge in [-0.2, -0.15) is 10.2 Å². The molecule has 1 N–H and O–H groups in total. The summed E-state index contributed by atoms with van der Waals surface area (Å²) in [6.45, 7) is 1.25. The summed E-state index contributed by atoms with van der Waals surface area (Å²) in [5.74, 6) is 0.823. The zero-order chi connectivity index (χ0) is 25.1. The molecule has 1 atom stereocenters. The van der Waals surface area contributed by atoms with E-state index in [1.807, 2.05) is 48.4 Å². The van der Waals surface area contributed by atoms with E-state index in [1.54, 1.807) is 18.0 Å². The molecule has 0 bridgehead atoms. The number of ether oxygens (including phenoxy) is 3. The van der Waals surface area contributed by atoms with Crippen LogP contribution in [0.1, 0.15) is 31.7 Å². The van der Waals surface area contributed by atoms with Crippen LogP contribution in [-0.2, 0) is 21.3 Å². The van der Waals surface area contributed by atoms with Crippen LogP contribution in [0, 0.1) is 5.92 Å². The van der Waals surface area contributed by atoms with E-state index in [0.29, 0.717) is 24.8 Å². The van der Waals surface area contributed by atoms with Crippen LogP contribution in [0.15, 0.2) is 42.9 Å². The summed E-state index contributed by atoms with van der Waals surface area (Å²) in [5.41, 5.74) is 4.35. The Kier molecular flexibility index (Phi) is 5.09. The Morgan fingerprint density at radius 3 is 2.70 bits per heavy atom. The molecule has 1 aromatic carbocycles. The van der Waals surface area contributed by atoms with Crippen molar-refractivity contribution >= 4 is 22.6 Å². The number of anilines is 1. The summed E-state index contributed by atoms with van der Waals surface area (Å²) < 4.78 is 21.6. The van der Waals surface area contributed by atoms with Gasteiger partial charge in [-0.25, -0.2) is 4.98 Å². The number of fused-ring (bicyclic) bond motifs is 1. The molecule has 1 amide bonds. The molecule has 4 aromatic rings. The molecule has 3 aliphatic rings. The van der Waals surface area contributed by atoms with Gasteiger partial charge in [-0.3, -0.25) is 14.2 Å². The lowest BCUT2D eigenvalue weighted by Gasteiger charge is -2.44. The number of pyridine rings is 1. The molecule has 37 heavy (non-hydrogen) atoms. The van der Waals surface area contributed by atoms with E-state index in [-0.39, 0.29) is 17.9 Å². The van der Waals surface area contributed by atoms with Gasteiger partial charge < -0.3 is 19.5 Å². The molecule has 190 valence electrons. The summed E-state index contributed by atoms with van der Waals surface area (Å²) in [5, 5.41) is 13.3. The van der Waals surface area contributed by atoms with Crippen molar-refractivity contribution in [3.63, 3.8) is 0 Å². The van der Waals surface area contributed by atoms with Gasteiger partial charge in [-0.1, -0.05) is 12.1 Å². The number of rotatable bonds is 6. The number of nitrogens with zero attached hydrogens (tertiary/aromatic N) is 5. The molecule has 3 aromatic heterocycles. The predicted molar refractivity (Wildman–Crippen MR) is 136 cm³/mol. The number of aromatic nitrogens is 5. The molecular formula is C27H28N6O4. The SMILES string of the molecule is COc1c(-c2cnn([C@H]3CCC34OCCO4)c2)cccc1-c1nn(C)c2cnc(NC(=O)C3CC3)cc12. The van der Waals surface area contributed by atoms with Gasteiger partial charge >= 0.3 is 0 Å². The smallest absolute Gasteiger partial charge is 0.228 e. The highest BCUT2D eigenvalue weighted by molar-refractivity contribution is 6.00. The molecule has 1 saturated heterocycles. The monoisotopic (exact) mass is 500 g/mol. The molecule has 2 aliphatic carbocycles. The first-order valence-electron chi connectivity index (χ1n) is 12.7. The van der Waals surface area contributed by atoms with Crippen LogP contribution < -0.4 is 10.1 Å². The zero-order valence-electron chi connectivity index (χ0n) is 20.8. The van der Waals surface area contributed by atoms with E-state index < -0.39 is 5.79 Å². The van der Waals surface area contributed by atoms with Gasteiger partial charge in [-0.05, 0) is 31.4 Å². The van der Waals surface area contributed by atoms with E-state index >= 15 is 0 Å². The molecule has 1 aliphatic heterocycles. The van der Waals surface area contributed by atoms with Crippen molar-refractivity contribution in [3.8, 4) is 28.1 Å². The molecule has 4 heterocycles. The molecule has 2 saturated carbocycles. The summed E-state index contributed by atoms with van der Waals surface area (Å²) in [7, 11) is 3.56. The number of methoxy groups -OCH3 is 1. The van der Waals surface area contributed by atoms with E-state index in [4.69, 9.17) is 19.3 Å². The van der Waals surface area contributed by atoms with Gasteiger partial charge in [-0.15, -0.1) is 0 Å². The highest BCUT2D eigenvalue weighted by atomic mass is 16.7. The van der Waals surface area contributed by atoms with E-state index in [0.717, 1.165) is 59.0 Å². The zero-order valence-corrected chi connectivity index (χ0v) is 20.8. The van der Waals surface area contributed by atoms with Crippen LogP contribution in [0.5, 0.6) is 5.75 Å². The highest BCUT2D eigenvalue weighted by Crippen LogP contribution is 2.49. The fourth-order valence-corrected chi connectivity index (χ4v) is 5.46. The van der Waals surface area contributed by atoms with Gasteiger partial charge in [0.15, 0.2) is 5.79 Å². The average Bonchev–Trinajstić information content (AvgIpc) is 3.29. The molecule has 0 radical (unpaired) electrons. The second-order valence-corrected chi connectivity index (χ2v) is 9.98. The number of carbonyl (C=O) groups is 1. The van der Waals surface area contributed by atoms with Crippen molar-refractivity contribution in [3.05, 3.63) is 42.9 Å². The van der Waals surface area contributed by atoms with Crippen LogP contribution in [0.2, 0.25) is 0 Å². The normalized spacial score (nSPS) is 20.3. The number of nitrogens with one attached hydrogen (secondary N) is 1. The Hall–Kier alpha value is -3.76. The number of hydrogen-bond donors (Lipinski definition) is 1. The van der Waals surface area contributed by atoms with Crippen molar-refractivity contribution in [1.82, 2.24) is 24.5 Å². The molecular weight excluding hydrogens is 472 g/mol. The first-order valence-corrected chi connectivity index (χ1v) is 12.7. The molecule has 7 rings (SSSR count). The fourth-order valence-electron chi connectivity index (χ4n) is 5.46. The van der Waals surface area contributed by atoms with E-state index in [9.17, 15) is 4.79 Å². The third kappa shape index (κ3) is 3.62. The first-order chi connectivity index (χ1) is 18.1. The van der Waals surface area contributed by atoms with Gasteiger partial charge in [0, 0.05) is 47.7 Å². The minimum absolute atomic E-state index is 0.0236. The van der Waals surface area contributed by atoms with Crippen LogP contribution in [-0.4, -0.2) is 56.6 Å². The highest BCUT2D eigenvalue weighted by Gasteiger charge is 2.53. The number of amides is 1. The van der Waals surface area contributed by atoms with E-state index in [2.05, 4.69) is 15.4 Å². The number of carbonyl (C=O) groups excluding carboxylic acids is 1. The Morgan fingerprint density at radius 2 is 1.97 bits per heavy atom. The van der Waals surface area contributed by atoms with Crippen LogP contribution in [0.25, 0.3) is 33.3 Å². The van der Waals surface area contributed by atoms with Crippen LogP contribution in [0.4, 0.5) is 5.82 Å². The summed E-state index contributed by atoms with van der Waals surface area (Å²) in [6, 6.07) is 7.97. The van der Waals surface area contributed by atoms with Gasteiger partial charge in [0.2, 0.25) is 5.91 Å². The Labute approximate surface area is 213 Å². The van der Waals surface area contributed by atoms with Crippen LogP contribution >= 0.6 is 0 Å². The molecule has 1 spiro atoms. The molecule has 10 nitrogen and oxygen atoms in total. The average molecular weight is 501 g/mol. The minimum Gasteiger partial charge on any atom is -0.495 e. The lowest BCUT2D eigenvalue weighted by Crippen LogP contribution is -2.49. The van der Waals surface area contributed by atoms with Gasteiger partial charge in [0.05, 0.1) is 38.2 Å². The number of para-hydroxylation sites is 1. The van der Waals surface area contributed by atoms with E-state index in [1.165, 1.54) is 0 Å². The molecule has 3 fully saturated rings. The quantitative estimate of drug-likeness (QED) is 0.428. The minimum atomic E-state index is -0.539. The third-order valence-corrected chi connectivity index (χ3v) is 7.69. The molecule has 0 unspecified atom stereocenters. The number of hydrogen-bond acceptors (Lipinski definition) is 7. The van der Waals surface area contributed by atoms with Crippen molar-refractivity contribution in [2.24, 2.45) is 13.0 Å². The maximum Gasteiger partial charge on any atom is 0.228 e. The lowest BCUT2D eigenvalue weighted by molar-refractivity contribution is -0.242. The van der Waals surface area contributed by atoms with Crippen molar-refractivity contribution < 1.29 is 19.0 Å². The summed E-state index contributed by atoms with van der Waals surface area (Å²) >= 11 is 0. The summed E-state index contributed by atoms with van der Waals surface area (Å²) in [4.78, 5) is 16.8. The fraction of sp³-hybridized carbons (Fsp3) is 0.407. The maximum absolute atomic E-state index is 12.3. The van der Waals surface area contributed by atoms with Crippen molar-refractivity contribution in [2.45, 2.75) is 37.5 Å². The van der Waals surface area contributed by atoms with Crippen molar-refractivity contribution in [1.29, 1.82) is 0 Å². The Morgan fingerprint density at radius 1 is 1.16 bits per heavy atom. The topological polar surface area (TPSA) is 105 Å². The third-order valence-electron chi connectivity index (χ3n) is 7.69. The standard InChI is InChI=1S/C27H28N6O4/c1-32-21-14-28-23(30-26(34)16-6-7-16)12-20(21)24(31-32)19-5-3-4-18(25(19)35-2)17-13-29-33(15-17)22-8-9-27(22)36-10-11-37-27/h3-5,12-16,22H,6-11H2,1-2H3,(H,28,30,34)/t22-/m0/s1. The largest absolute Gasteiger partial charge is 0.495 e. The second-order valence-electron chi connectivity index (χ2n) is 9.98. The predicted octanol–water partition coefficient (Wildman–Crippen LogP) is 3.93. The molecule has 10 heteroatoms. The van der Waals surface area contributed by atoms with Crippen molar-refractivity contribution in [2.75, 3.05) is 25.6 Å². The maximum atomic E-state index is 12.3. The number of benzene rings is 1. The Balaban J connectivity index is 1.27. The van der Waals surface area contributed by atoms with Crippen LogP contribution in [0.3, 0.4) is 0 Å². The van der Waals surface area contributed by atoms with Gasteiger partial charge in [0.1, 0.15) is 23.3 Å². The lowest BCUT2D eigenvalue weighted by atomic mass is 9.85. The number of aryl methyl sites for hydroxylation is 1. The first kappa shape index (κ1) is 22.4.